The summed E-state index contributed by atoms with van der Waals surface area (Å²) in [5.74, 6) is 0.892. The summed E-state index contributed by atoms with van der Waals surface area (Å²) in [6.45, 7) is 0.120. The quantitative estimate of drug-likeness (QED) is 0.337. The van der Waals surface area contributed by atoms with Gasteiger partial charge < -0.3 is 14.2 Å². The van der Waals surface area contributed by atoms with Crippen LogP contribution in [0.1, 0.15) is 4.88 Å². The normalized spacial score (nSPS) is 11.1. The number of hydrogen-bond donors (Lipinski definition) is 2. The Morgan fingerprint density at radius 1 is 0.941 bits per heavy atom. The van der Waals surface area contributed by atoms with Gasteiger partial charge in [0.2, 0.25) is 5.75 Å². The number of rotatable bonds is 10. The highest BCUT2D eigenvalue weighted by atomic mass is 32.2. The van der Waals surface area contributed by atoms with Crippen molar-refractivity contribution in [1.82, 2.24) is 19.7 Å². The monoisotopic (exact) mass is 499 g/mol. The van der Waals surface area contributed by atoms with Gasteiger partial charge in [0, 0.05) is 29.4 Å². The Labute approximate surface area is 200 Å². The summed E-state index contributed by atoms with van der Waals surface area (Å²) < 4.78 is 47.5. The summed E-state index contributed by atoms with van der Waals surface area (Å²) in [6, 6.07) is 14.0. The van der Waals surface area contributed by atoms with Crippen molar-refractivity contribution in [3.8, 4) is 34.5 Å². The van der Waals surface area contributed by atoms with Crippen molar-refractivity contribution < 1.29 is 22.6 Å². The van der Waals surface area contributed by atoms with Crippen molar-refractivity contribution in [2.45, 2.75) is 6.54 Å². The third kappa shape index (κ3) is 5.60. The fourth-order valence-corrected chi connectivity index (χ4v) is 4.46. The molecule has 0 aliphatic carbocycles. The van der Waals surface area contributed by atoms with Gasteiger partial charge in [-0.2, -0.15) is 18.1 Å². The number of thiophene rings is 1. The first-order chi connectivity index (χ1) is 16.5. The maximum absolute atomic E-state index is 12.9. The maximum Gasteiger partial charge on any atom is 0.300 e. The fraction of sp³-hybridized carbons (Fsp3) is 0.136. The summed E-state index contributed by atoms with van der Waals surface area (Å²) in [6.07, 6.45) is 3.16. The highest BCUT2D eigenvalue weighted by Gasteiger charge is 2.24. The Balaban J connectivity index is 1.75. The lowest BCUT2D eigenvalue weighted by Crippen LogP contribution is -2.30. The molecule has 0 atom stereocenters. The topological polar surface area (TPSA) is 125 Å². The van der Waals surface area contributed by atoms with Crippen LogP contribution in [0.4, 0.5) is 5.82 Å². The first kappa shape index (κ1) is 23.4. The van der Waals surface area contributed by atoms with Crippen LogP contribution in [0.15, 0.2) is 66.3 Å². The molecule has 0 saturated carbocycles. The van der Waals surface area contributed by atoms with Gasteiger partial charge in [-0.15, -0.1) is 11.3 Å². The molecule has 0 bridgehead atoms. The van der Waals surface area contributed by atoms with Gasteiger partial charge >= 0.3 is 10.2 Å². The molecule has 0 unspecified atom stereocenters. The molecular weight excluding hydrogens is 478 g/mol. The van der Waals surface area contributed by atoms with Gasteiger partial charge in [-0.25, -0.2) is 4.98 Å². The lowest BCUT2D eigenvalue weighted by atomic mass is 10.2. The largest absolute Gasteiger partial charge is 0.493 e. The zero-order valence-electron chi connectivity index (χ0n) is 18.3. The number of anilines is 1. The van der Waals surface area contributed by atoms with Crippen LogP contribution in [-0.4, -0.2) is 37.6 Å². The summed E-state index contributed by atoms with van der Waals surface area (Å²) in [5.41, 5.74) is 0.615. The first-order valence-corrected chi connectivity index (χ1v) is 12.3. The van der Waals surface area contributed by atoms with Crippen LogP contribution in [0, 0.1) is 0 Å². The molecule has 3 heterocycles. The van der Waals surface area contributed by atoms with E-state index in [-0.39, 0.29) is 29.8 Å². The standard InChI is InChI=1S/C22H21N5O5S2/c1-30-17-7-3-4-8-18(17)32-19-21(27-34(28,29)24-14-16-6-5-13-33-16)25-20(26-22(19)31-2)15-9-11-23-12-10-15/h3-13,24H,14H2,1-2H3,(H,25,26,27). The van der Waals surface area contributed by atoms with Gasteiger partial charge in [0.15, 0.2) is 23.1 Å². The second kappa shape index (κ2) is 10.5. The van der Waals surface area contributed by atoms with Crippen molar-refractivity contribution in [2.24, 2.45) is 0 Å². The number of pyridine rings is 1. The first-order valence-electron chi connectivity index (χ1n) is 9.96. The Morgan fingerprint density at radius 2 is 1.71 bits per heavy atom. The summed E-state index contributed by atoms with van der Waals surface area (Å²) in [5, 5.41) is 1.87. The van der Waals surface area contributed by atoms with E-state index in [4.69, 9.17) is 14.2 Å². The molecule has 0 amide bonds. The van der Waals surface area contributed by atoms with Crippen molar-refractivity contribution in [1.29, 1.82) is 0 Å². The predicted octanol–water partition coefficient (Wildman–Crippen LogP) is 3.86. The Hall–Kier alpha value is -3.74. The summed E-state index contributed by atoms with van der Waals surface area (Å²) >= 11 is 1.44. The number of para-hydroxylation sites is 2. The van der Waals surface area contributed by atoms with Crippen LogP contribution < -0.4 is 23.7 Å². The lowest BCUT2D eigenvalue weighted by molar-refractivity contribution is 0.348. The average molecular weight is 500 g/mol. The van der Waals surface area contributed by atoms with Gasteiger partial charge in [-0.05, 0) is 35.7 Å². The molecule has 176 valence electrons. The zero-order chi connectivity index (χ0) is 24.0. The molecular formula is C22H21N5O5S2. The molecule has 34 heavy (non-hydrogen) atoms. The third-order valence-corrected chi connectivity index (χ3v) is 6.36. The minimum absolute atomic E-state index is 0.0219. The molecule has 0 radical (unpaired) electrons. The Morgan fingerprint density at radius 3 is 2.38 bits per heavy atom. The molecule has 0 aliphatic heterocycles. The zero-order valence-corrected chi connectivity index (χ0v) is 19.9. The van der Waals surface area contributed by atoms with E-state index < -0.39 is 10.2 Å². The molecule has 2 N–H and O–H groups in total. The second-order valence-electron chi connectivity index (χ2n) is 6.73. The van der Waals surface area contributed by atoms with Gasteiger partial charge in [-0.3, -0.25) is 9.71 Å². The number of methoxy groups -OCH3 is 2. The molecule has 0 aliphatic rings. The molecule has 12 heteroatoms. The van der Waals surface area contributed by atoms with Gasteiger partial charge in [0.25, 0.3) is 5.88 Å². The molecule has 3 aromatic heterocycles. The molecule has 4 rings (SSSR count). The Bertz CT molecular complexity index is 1350. The fourth-order valence-electron chi connectivity index (χ4n) is 2.92. The lowest BCUT2D eigenvalue weighted by Gasteiger charge is -2.17. The van der Waals surface area contributed by atoms with E-state index in [2.05, 4.69) is 24.4 Å². The van der Waals surface area contributed by atoms with E-state index in [1.165, 1.54) is 25.6 Å². The van der Waals surface area contributed by atoms with Crippen molar-refractivity contribution in [3.63, 3.8) is 0 Å². The van der Waals surface area contributed by atoms with Crippen LogP contribution in [0.25, 0.3) is 11.4 Å². The van der Waals surface area contributed by atoms with Crippen LogP contribution in [0.3, 0.4) is 0 Å². The molecule has 0 spiro atoms. The average Bonchev–Trinajstić information content (AvgIpc) is 3.38. The van der Waals surface area contributed by atoms with Crippen molar-refractivity contribution >= 4 is 27.4 Å². The predicted molar refractivity (Wildman–Crippen MR) is 129 cm³/mol. The van der Waals surface area contributed by atoms with Gasteiger partial charge in [0.1, 0.15) is 0 Å². The smallest absolute Gasteiger partial charge is 0.300 e. The van der Waals surface area contributed by atoms with E-state index in [0.717, 1.165) is 4.88 Å². The van der Waals surface area contributed by atoms with Crippen molar-refractivity contribution in [3.05, 3.63) is 71.2 Å². The molecule has 1 aromatic carbocycles. The Kier molecular flexibility index (Phi) is 7.21. The summed E-state index contributed by atoms with van der Waals surface area (Å²) in [4.78, 5) is 13.7. The molecule has 0 fully saturated rings. The SMILES string of the molecule is COc1ccccc1Oc1c(NS(=O)(=O)NCc2cccs2)nc(-c2ccncc2)nc1OC. The van der Waals surface area contributed by atoms with Crippen LogP contribution in [-0.2, 0) is 16.8 Å². The minimum atomic E-state index is -4.03. The molecule has 0 saturated heterocycles. The molecule has 4 aromatic rings. The highest BCUT2D eigenvalue weighted by Crippen LogP contribution is 2.40. The van der Waals surface area contributed by atoms with Crippen molar-refractivity contribution in [2.75, 3.05) is 18.9 Å². The number of ether oxygens (including phenoxy) is 3. The number of hydrogen-bond acceptors (Lipinski definition) is 9. The van der Waals surface area contributed by atoms with Crippen LogP contribution >= 0.6 is 11.3 Å². The van der Waals surface area contributed by atoms with E-state index in [1.807, 2.05) is 17.5 Å². The van der Waals surface area contributed by atoms with Gasteiger partial charge in [-0.1, -0.05) is 18.2 Å². The number of aromatic nitrogens is 3. The molecule has 10 nitrogen and oxygen atoms in total. The van der Waals surface area contributed by atoms with Gasteiger partial charge in [0.05, 0.1) is 14.2 Å². The summed E-state index contributed by atoms with van der Waals surface area (Å²) in [7, 11) is -1.12. The number of nitrogens with zero attached hydrogens (tertiary/aromatic N) is 3. The highest BCUT2D eigenvalue weighted by molar-refractivity contribution is 7.90. The minimum Gasteiger partial charge on any atom is -0.493 e. The van der Waals surface area contributed by atoms with E-state index in [1.54, 1.807) is 48.8 Å². The third-order valence-electron chi connectivity index (χ3n) is 4.49. The van der Waals surface area contributed by atoms with E-state index in [0.29, 0.717) is 17.1 Å². The van der Waals surface area contributed by atoms with E-state index in [9.17, 15) is 8.42 Å². The second-order valence-corrected chi connectivity index (χ2v) is 9.26. The van der Waals surface area contributed by atoms with Crippen LogP contribution in [0.5, 0.6) is 23.1 Å². The number of benzene rings is 1. The number of nitrogens with one attached hydrogen (secondary N) is 2. The van der Waals surface area contributed by atoms with Crippen LogP contribution in [0.2, 0.25) is 0 Å². The maximum atomic E-state index is 12.9. The van der Waals surface area contributed by atoms with E-state index >= 15 is 0 Å².